The molecule has 10 nitrogen and oxygen atoms in total. The lowest BCUT2D eigenvalue weighted by Crippen LogP contribution is -2.53. The largest absolute Gasteiger partial charge is 0.381 e. The number of aromatic nitrogens is 7. The highest BCUT2D eigenvalue weighted by Gasteiger charge is 2.43. The third-order valence-corrected chi connectivity index (χ3v) is 6.33. The molecule has 1 N–H and O–H groups in total. The molecule has 2 atom stereocenters. The SMILES string of the molecule is C[C@@H](N1CCn2nc(-c3ccc(C#N)nc3)nc2C1)[C@](O)(Cn1cncn1)c1ccc(F)cc1F.Cl. The number of hydrogen-bond acceptors (Lipinski definition) is 8. The Bertz CT molecular complexity index is 1390. The zero-order valence-electron chi connectivity index (χ0n) is 19.2. The van der Waals surface area contributed by atoms with E-state index in [1.165, 1.54) is 23.4 Å². The van der Waals surface area contributed by atoms with E-state index in [2.05, 4.69) is 25.1 Å². The van der Waals surface area contributed by atoms with Crippen LogP contribution < -0.4 is 0 Å². The summed E-state index contributed by atoms with van der Waals surface area (Å²) in [6, 6.07) is 7.87. The lowest BCUT2D eigenvalue weighted by atomic mass is 9.85. The smallest absolute Gasteiger partial charge is 0.182 e. The average Bonchev–Trinajstić information content (AvgIpc) is 3.52. The van der Waals surface area contributed by atoms with Gasteiger partial charge >= 0.3 is 0 Å². The quantitative estimate of drug-likeness (QED) is 0.417. The molecule has 186 valence electrons. The van der Waals surface area contributed by atoms with Crippen LogP contribution in [0.5, 0.6) is 0 Å². The van der Waals surface area contributed by atoms with Gasteiger partial charge in [0, 0.05) is 36.0 Å². The Morgan fingerprint density at radius 1 is 1.22 bits per heavy atom. The molecule has 0 amide bonds. The second-order valence-electron chi connectivity index (χ2n) is 8.41. The molecule has 1 aliphatic heterocycles. The Morgan fingerprint density at radius 2 is 2.06 bits per heavy atom. The van der Waals surface area contributed by atoms with Gasteiger partial charge in [0.2, 0.25) is 0 Å². The van der Waals surface area contributed by atoms with Crippen molar-refractivity contribution in [1.29, 1.82) is 5.26 Å². The van der Waals surface area contributed by atoms with Gasteiger partial charge in [0.1, 0.15) is 47.5 Å². The van der Waals surface area contributed by atoms with Gasteiger partial charge in [0.25, 0.3) is 0 Å². The highest BCUT2D eigenvalue weighted by molar-refractivity contribution is 5.85. The predicted octanol–water partition coefficient (Wildman–Crippen LogP) is 2.30. The van der Waals surface area contributed by atoms with Crippen LogP contribution in [0, 0.1) is 23.0 Å². The van der Waals surface area contributed by atoms with Gasteiger partial charge < -0.3 is 5.11 Å². The van der Waals surface area contributed by atoms with Crippen LogP contribution in [0.15, 0.2) is 49.2 Å². The molecule has 1 aliphatic rings. The minimum atomic E-state index is -1.74. The summed E-state index contributed by atoms with van der Waals surface area (Å²) in [6.45, 7) is 3.08. The van der Waals surface area contributed by atoms with Gasteiger partial charge in [-0.3, -0.25) is 4.90 Å². The summed E-state index contributed by atoms with van der Waals surface area (Å²) in [6.07, 6.45) is 4.31. The van der Waals surface area contributed by atoms with Gasteiger partial charge in [-0.05, 0) is 25.1 Å². The summed E-state index contributed by atoms with van der Waals surface area (Å²) < 4.78 is 31.7. The van der Waals surface area contributed by atoms with Crippen molar-refractivity contribution in [3.8, 4) is 17.5 Å². The van der Waals surface area contributed by atoms with Crippen molar-refractivity contribution in [2.45, 2.75) is 38.2 Å². The average molecular weight is 514 g/mol. The Labute approximate surface area is 211 Å². The van der Waals surface area contributed by atoms with Crippen LogP contribution in [0.1, 0.15) is 24.0 Å². The van der Waals surface area contributed by atoms with E-state index in [9.17, 15) is 13.9 Å². The second kappa shape index (κ2) is 10.1. The number of aliphatic hydroxyl groups is 1. The number of fused-ring (bicyclic) bond motifs is 1. The molecule has 5 rings (SSSR count). The monoisotopic (exact) mass is 513 g/mol. The van der Waals surface area contributed by atoms with E-state index < -0.39 is 23.3 Å². The fraction of sp³-hybridized carbons (Fsp3) is 0.304. The molecular formula is C23H22ClF2N9O. The Balaban J connectivity index is 0.00000304. The molecule has 0 fully saturated rings. The molecule has 0 unspecified atom stereocenters. The maximum Gasteiger partial charge on any atom is 0.182 e. The van der Waals surface area contributed by atoms with Crippen molar-refractivity contribution in [3.63, 3.8) is 0 Å². The van der Waals surface area contributed by atoms with E-state index >= 15 is 0 Å². The van der Waals surface area contributed by atoms with Gasteiger partial charge in [-0.1, -0.05) is 6.07 Å². The summed E-state index contributed by atoms with van der Waals surface area (Å²) in [5, 5.41) is 29.4. The van der Waals surface area contributed by atoms with Gasteiger partial charge in [-0.15, -0.1) is 12.4 Å². The number of pyridine rings is 1. The van der Waals surface area contributed by atoms with Gasteiger partial charge in [-0.25, -0.2) is 33.1 Å². The fourth-order valence-corrected chi connectivity index (χ4v) is 4.35. The van der Waals surface area contributed by atoms with Crippen molar-refractivity contribution < 1.29 is 13.9 Å². The Morgan fingerprint density at radius 3 is 2.72 bits per heavy atom. The van der Waals surface area contributed by atoms with Crippen molar-refractivity contribution in [1.82, 2.24) is 39.4 Å². The van der Waals surface area contributed by atoms with E-state index in [1.54, 1.807) is 29.9 Å². The molecule has 0 saturated heterocycles. The normalized spacial score (nSPS) is 15.9. The first-order valence-electron chi connectivity index (χ1n) is 10.9. The first-order chi connectivity index (χ1) is 16.9. The minimum absolute atomic E-state index is 0. The maximum atomic E-state index is 14.9. The van der Waals surface area contributed by atoms with Crippen molar-refractivity contribution in [3.05, 3.63) is 77.9 Å². The van der Waals surface area contributed by atoms with Crippen LogP contribution in [0.3, 0.4) is 0 Å². The first kappa shape index (κ1) is 25.3. The molecule has 0 bridgehead atoms. The number of halogens is 3. The van der Waals surface area contributed by atoms with Crippen LogP contribution in [0.2, 0.25) is 0 Å². The van der Waals surface area contributed by atoms with Gasteiger partial charge in [-0.2, -0.15) is 15.5 Å². The van der Waals surface area contributed by atoms with E-state index in [1.807, 2.05) is 11.0 Å². The molecule has 3 aromatic heterocycles. The Hall–Kier alpha value is -3.79. The number of benzene rings is 1. The Kier molecular flexibility index (Phi) is 7.07. The molecule has 0 spiro atoms. The molecule has 1 aromatic carbocycles. The van der Waals surface area contributed by atoms with Crippen LogP contribution >= 0.6 is 12.4 Å². The zero-order valence-corrected chi connectivity index (χ0v) is 20.0. The van der Waals surface area contributed by atoms with E-state index in [0.29, 0.717) is 42.5 Å². The molecule has 4 heterocycles. The predicted molar refractivity (Wildman–Crippen MR) is 125 cm³/mol. The molecule has 13 heteroatoms. The van der Waals surface area contributed by atoms with E-state index in [0.717, 1.165) is 12.1 Å². The summed E-state index contributed by atoms with van der Waals surface area (Å²) in [4.78, 5) is 14.6. The number of hydrogen-bond donors (Lipinski definition) is 1. The highest BCUT2D eigenvalue weighted by atomic mass is 35.5. The molecule has 36 heavy (non-hydrogen) atoms. The van der Waals surface area contributed by atoms with Gasteiger partial charge in [0.15, 0.2) is 5.82 Å². The topological polar surface area (TPSA) is 122 Å². The lowest BCUT2D eigenvalue weighted by Gasteiger charge is -2.42. The number of rotatable bonds is 6. The first-order valence-corrected chi connectivity index (χ1v) is 10.9. The van der Waals surface area contributed by atoms with E-state index in [4.69, 9.17) is 5.26 Å². The van der Waals surface area contributed by atoms with E-state index in [-0.39, 0.29) is 24.5 Å². The van der Waals surface area contributed by atoms with Crippen LogP contribution in [0.25, 0.3) is 11.4 Å². The summed E-state index contributed by atoms with van der Waals surface area (Å²) in [7, 11) is 0. The summed E-state index contributed by atoms with van der Waals surface area (Å²) in [5.41, 5.74) is -0.787. The lowest BCUT2D eigenvalue weighted by molar-refractivity contribution is -0.0714. The number of nitriles is 1. The zero-order chi connectivity index (χ0) is 24.6. The fourth-order valence-electron chi connectivity index (χ4n) is 4.35. The van der Waals surface area contributed by atoms with Gasteiger partial charge in [0.05, 0.1) is 19.6 Å². The summed E-state index contributed by atoms with van der Waals surface area (Å²) in [5.74, 6) is -0.410. The van der Waals surface area contributed by atoms with Crippen molar-refractivity contribution in [2.75, 3.05) is 6.54 Å². The van der Waals surface area contributed by atoms with Crippen LogP contribution in [-0.2, 0) is 25.2 Å². The molecule has 0 saturated carbocycles. The standard InChI is InChI=1S/C23H21F2N9O.ClH/c1-15(23(35,12-33-14-27-13-29-33)19-5-3-17(24)8-20(19)25)32-6-7-34-21(11-32)30-22(31-34)16-2-4-18(9-26)28-10-16;/h2-5,8,10,13-15,35H,6-7,11-12H2,1H3;1H/t15-,23-;/m1./s1. The van der Waals surface area contributed by atoms with Crippen LogP contribution in [0.4, 0.5) is 8.78 Å². The third-order valence-electron chi connectivity index (χ3n) is 6.33. The highest BCUT2D eigenvalue weighted by Crippen LogP contribution is 2.34. The molecular weight excluding hydrogens is 492 g/mol. The van der Waals surface area contributed by atoms with Crippen LogP contribution in [-0.4, -0.2) is 57.1 Å². The van der Waals surface area contributed by atoms with Crippen molar-refractivity contribution in [2.24, 2.45) is 0 Å². The molecule has 4 aromatic rings. The molecule has 0 aliphatic carbocycles. The number of nitrogens with zero attached hydrogens (tertiary/aromatic N) is 9. The minimum Gasteiger partial charge on any atom is -0.381 e. The van der Waals surface area contributed by atoms with Crippen molar-refractivity contribution >= 4 is 12.4 Å². The summed E-state index contributed by atoms with van der Waals surface area (Å²) >= 11 is 0. The third kappa shape index (κ3) is 4.68. The second-order valence-corrected chi connectivity index (χ2v) is 8.41. The maximum absolute atomic E-state index is 14.9. The molecule has 0 radical (unpaired) electrons.